The molecule has 1 N–H and O–H groups in total. The number of aromatic nitrogens is 3. The number of carbonyl (C=O) groups is 1. The fraction of sp³-hybridized carbons (Fsp3) is 0.208. The zero-order valence-electron chi connectivity index (χ0n) is 19.0. The van der Waals surface area contributed by atoms with Crippen LogP contribution in [0.3, 0.4) is 0 Å². The summed E-state index contributed by atoms with van der Waals surface area (Å²) in [6.07, 6.45) is 1.58. The van der Waals surface area contributed by atoms with Gasteiger partial charge in [-0.2, -0.15) is 0 Å². The topological polar surface area (TPSA) is 101 Å². The number of methoxy groups -OCH3 is 2. The Kier molecular flexibility index (Phi) is 7.38. The minimum absolute atomic E-state index is 0.114. The number of benzene rings is 2. The summed E-state index contributed by atoms with van der Waals surface area (Å²) in [6.45, 7) is 2.52. The highest BCUT2D eigenvalue weighted by molar-refractivity contribution is 7.99. The van der Waals surface area contributed by atoms with Crippen LogP contribution < -0.4 is 19.5 Å². The Labute approximate surface area is 201 Å². The van der Waals surface area contributed by atoms with Gasteiger partial charge < -0.3 is 23.9 Å². The van der Waals surface area contributed by atoms with Crippen LogP contribution in [0, 0.1) is 0 Å². The average Bonchev–Trinajstić information content (AvgIpc) is 3.54. The number of carbonyl (C=O) groups excluding carboxylic acids is 1. The second-order valence-electron chi connectivity index (χ2n) is 6.95. The number of hydrogen-bond donors (Lipinski definition) is 1. The van der Waals surface area contributed by atoms with Crippen molar-refractivity contribution in [2.75, 3.05) is 31.9 Å². The van der Waals surface area contributed by atoms with Crippen LogP contribution in [-0.2, 0) is 4.79 Å². The molecule has 0 atom stereocenters. The van der Waals surface area contributed by atoms with Gasteiger partial charge in [0.25, 0.3) is 0 Å². The van der Waals surface area contributed by atoms with Crippen molar-refractivity contribution in [1.29, 1.82) is 0 Å². The predicted molar refractivity (Wildman–Crippen MR) is 129 cm³/mol. The first kappa shape index (κ1) is 23.2. The standard InChI is InChI=1S/C24H24N4O5S/c1-4-32-17-9-7-16(8-10-17)28-23(20-6-5-13-33-20)26-27-24(28)34-15-22(29)25-19-12-11-18(30-2)14-21(19)31-3/h5-14H,4,15H2,1-3H3,(H,25,29). The molecule has 176 valence electrons. The molecule has 9 nitrogen and oxygen atoms in total. The fourth-order valence-electron chi connectivity index (χ4n) is 3.24. The number of amides is 1. The van der Waals surface area contributed by atoms with E-state index >= 15 is 0 Å². The van der Waals surface area contributed by atoms with E-state index < -0.39 is 0 Å². The molecule has 0 fully saturated rings. The maximum absolute atomic E-state index is 12.7. The van der Waals surface area contributed by atoms with Crippen molar-refractivity contribution < 1.29 is 23.4 Å². The molecule has 0 aliphatic carbocycles. The van der Waals surface area contributed by atoms with Crippen LogP contribution in [0.1, 0.15) is 6.92 Å². The maximum atomic E-state index is 12.7. The number of anilines is 1. The van der Waals surface area contributed by atoms with Crippen molar-refractivity contribution >= 4 is 23.4 Å². The largest absolute Gasteiger partial charge is 0.497 e. The van der Waals surface area contributed by atoms with Crippen LogP contribution in [-0.4, -0.2) is 47.3 Å². The van der Waals surface area contributed by atoms with Crippen LogP contribution in [0.25, 0.3) is 17.3 Å². The first-order valence-corrected chi connectivity index (χ1v) is 11.5. The number of thioether (sulfide) groups is 1. The fourth-order valence-corrected chi connectivity index (χ4v) is 3.99. The summed E-state index contributed by atoms with van der Waals surface area (Å²) in [5.74, 6) is 2.92. The van der Waals surface area contributed by atoms with Crippen LogP contribution >= 0.6 is 11.8 Å². The summed E-state index contributed by atoms with van der Waals surface area (Å²) in [7, 11) is 3.11. The van der Waals surface area contributed by atoms with Gasteiger partial charge in [0, 0.05) is 6.07 Å². The van der Waals surface area contributed by atoms with Crippen molar-refractivity contribution in [2.45, 2.75) is 12.1 Å². The number of furan rings is 1. The van der Waals surface area contributed by atoms with E-state index in [1.165, 1.54) is 18.9 Å². The SMILES string of the molecule is CCOc1ccc(-n2c(SCC(=O)Nc3ccc(OC)cc3OC)nnc2-c2ccco2)cc1. The Morgan fingerprint density at radius 2 is 1.85 bits per heavy atom. The molecular formula is C24H24N4O5S. The van der Waals surface area contributed by atoms with Gasteiger partial charge in [0.05, 0.1) is 44.2 Å². The van der Waals surface area contributed by atoms with E-state index in [9.17, 15) is 4.79 Å². The van der Waals surface area contributed by atoms with Crippen molar-refractivity contribution in [2.24, 2.45) is 0 Å². The molecule has 0 radical (unpaired) electrons. The summed E-state index contributed by atoms with van der Waals surface area (Å²) < 4.78 is 23.5. The molecule has 0 spiro atoms. The molecular weight excluding hydrogens is 456 g/mol. The second-order valence-corrected chi connectivity index (χ2v) is 7.89. The third-order valence-corrected chi connectivity index (χ3v) is 5.72. The Balaban J connectivity index is 1.55. The molecule has 0 aliphatic heterocycles. The van der Waals surface area contributed by atoms with Crippen molar-refractivity contribution in [3.8, 4) is 34.5 Å². The summed E-state index contributed by atoms with van der Waals surface area (Å²) in [6, 6.07) is 16.4. The van der Waals surface area contributed by atoms with E-state index in [1.807, 2.05) is 41.8 Å². The molecule has 10 heteroatoms. The molecule has 1 amide bonds. The number of hydrogen-bond acceptors (Lipinski definition) is 8. The van der Waals surface area contributed by atoms with E-state index in [2.05, 4.69) is 15.5 Å². The lowest BCUT2D eigenvalue weighted by Crippen LogP contribution is -2.15. The lowest BCUT2D eigenvalue weighted by atomic mass is 10.2. The third-order valence-electron chi connectivity index (χ3n) is 4.80. The molecule has 0 bridgehead atoms. The van der Waals surface area contributed by atoms with Crippen molar-refractivity contribution in [3.05, 3.63) is 60.9 Å². The molecule has 4 rings (SSSR count). The minimum atomic E-state index is -0.214. The molecule has 4 aromatic rings. The minimum Gasteiger partial charge on any atom is -0.497 e. The lowest BCUT2D eigenvalue weighted by Gasteiger charge is -2.12. The van der Waals surface area contributed by atoms with Gasteiger partial charge in [-0.15, -0.1) is 10.2 Å². The predicted octanol–water partition coefficient (Wildman–Crippen LogP) is 4.67. The van der Waals surface area contributed by atoms with E-state index in [0.29, 0.717) is 40.5 Å². The van der Waals surface area contributed by atoms with Gasteiger partial charge in [0.2, 0.25) is 11.7 Å². The van der Waals surface area contributed by atoms with Crippen molar-refractivity contribution in [1.82, 2.24) is 14.8 Å². The third kappa shape index (κ3) is 5.18. The molecule has 0 aliphatic rings. The number of nitrogens with zero attached hydrogens (tertiary/aromatic N) is 3. The van der Waals surface area contributed by atoms with Gasteiger partial charge in [0.15, 0.2) is 10.9 Å². The summed E-state index contributed by atoms with van der Waals surface area (Å²) in [5.41, 5.74) is 1.37. The quantitative estimate of drug-likeness (QED) is 0.327. The normalized spacial score (nSPS) is 10.7. The van der Waals surface area contributed by atoms with Gasteiger partial charge in [-0.25, -0.2) is 0 Å². The maximum Gasteiger partial charge on any atom is 0.234 e. The zero-order valence-corrected chi connectivity index (χ0v) is 19.8. The van der Waals surface area contributed by atoms with E-state index in [1.54, 1.807) is 37.6 Å². The van der Waals surface area contributed by atoms with Crippen molar-refractivity contribution in [3.63, 3.8) is 0 Å². The first-order chi connectivity index (χ1) is 16.6. The molecule has 0 unspecified atom stereocenters. The molecule has 2 heterocycles. The van der Waals surface area contributed by atoms with Crippen LogP contribution in [0.4, 0.5) is 5.69 Å². The Morgan fingerprint density at radius 3 is 2.53 bits per heavy atom. The smallest absolute Gasteiger partial charge is 0.234 e. The van der Waals surface area contributed by atoms with Crippen LogP contribution in [0.2, 0.25) is 0 Å². The lowest BCUT2D eigenvalue weighted by molar-refractivity contribution is -0.113. The van der Waals surface area contributed by atoms with E-state index in [0.717, 1.165) is 11.4 Å². The Bertz CT molecular complexity index is 1240. The number of nitrogens with one attached hydrogen (secondary N) is 1. The van der Waals surface area contributed by atoms with Gasteiger partial charge in [-0.3, -0.25) is 9.36 Å². The molecule has 0 saturated heterocycles. The molecule has 2 aromatic heterocycles. The zero-order chi connectivity index (χ0) is 23.9. The second kappa shape index (κ2) is 10.8. The van der Waals surface area contributed by atoms with E-state index in [4.69, 9.17) is 18.6 Å². The monoisotopic (exact) mass is 480 g/mol. The Hall–Kier alpha value is -3.92. The molecule has 34 heavy (non-hydrogen) atoms. The average molecular weight is 481 g/mol. The molecule has 2 aromatic carbocycles. The highest BCUT2D eigenvalue weighted by atomic mass is 32.2. The highest BCUT2D eigenvalue weighted by Crippen LogP contribution is 2.31. The first-order valence-electron chi connectivity index (χ1n) is 10.5. The van der Waals surface area contributed by atoms with Gasteiger partial charge in [0.1, 0.15) is 17.2 Å². The van der Waals surface area contributed by atoms with Gasteiger partial charge in [-0.05, 0) is 55.5 Å². The number of rotatable bonds is 10. The van der Waals surface area contributed by atoms with E-state index in [-0.39, 0.29) is 11.7 Å². The summed E-state index contributed by atoms with van der Waals surface area (Å²) in [4.78, 5) is 12.7. The summed E-state index contributed by atoms with van der Waals surface area (Å²) >= 11 is 1.26. The van der Waals surface area contributed by atoms with Crippen LogP contribution in [0.15, 0.2) is 70.4 Å². The van der Waals surface area contributed by atoms with Crippen LogP contribution in [0.5, 0.6) is 17.2 Å². The number of ether oxygens (including phenoxy) is 3. The van der Waals surface area contributed by atoms with Gasteiger partial charge in [-0.1, -0.05) is 11.8 Å². The highest BCUT2D eigenvalue weighted by Gasteiger charge is 2.19. The molecule has 0 saturated carbocycles. The van der Waals surface area contributed by atoms with Gasteiger partial charge >= 0.3 is 0 Å². The Morgan fingerprint density at radius 1 is 1.06 bits per heavy atom. The summed E-state index contributed by atoms with van der Waals surface area (Å²) in [5, 5.41) is 12.0.